The zero-order chi connectivity index (χ0) is 11.0. The van der Waals surface area contributed by atoms with Crippen molar-refractivity contribution >= 4 is 39.5 Å². The van der Waals surface area contributed by atoms with Crippen molar-refractivity contribution in [3.05, 3.63) is 39.3 Å². The van der Waals surface area contributed by atoms with Crippen molar-refractivity contribution in [1.82, 2.24) is 4.98 Å². The van der Waals surface area contributed by atoms with Crippen molar-refractivity contribution in [1.29, 1.82) is 0 Å². The molecule has 76 valence electrons. The summed E-state index contributed by atoms with van der Waals surface area (Å²) in [6.45, 7) is 0. The van der Waals surface area contributed by atoms with Gasteiger partial charge in [0.2, 0.25) is 0 Å². The van der Waals surface area contributed by atoms with Gasteiger partial charge in [-0.3, -0.25) is 4.98 Å². The summed E-state index contributed by atoms with van der Waals surface area (Å²) in [5.41, 5.74) is 0.160. The van der Waals surface area contributed by atoms with Gasteiger partial charge in [0, 0.05) is 15.2 Å². The van der Waals surface area contributed by atoms with E-state index >= 15 is 0 Å². The van der Waals surface area contributed by atoms with E-state index in [-0.39, 0.29) is 11.1 Å². The van der Waals surface area contributed by atoms with Crippen LogP contribution in [0.1, 0.15) is 10.4 Å². The molecule has 1 aromatic heterocycles. The second-order valence-electron chi connectivity index (χ2n) is 2.95. The standard InChI is InChI=1S/C10H5FINO2/c11-8-4-5(12)3-7-6(10(14)15)1-2-13-9(7)8/h1-4H,(H,14,15). The molecule has 0 atom stereocenters. The number of halogens is 2. The number of rotatable bonds is 1. The number of carbonyl (C=O) groups is 1. The van der Waals surface area contributed by atoms with Crippen molar-refractivity contribution in [2.75, 3.05) is 0 Å². The van der Waals surface area contributed by atoms with Gasteiger partial charge in [0.05, 0.1) is 5.56 Å². The quantitative estimate of drug-likeness (QED) is 0.823. The highest BCUT2D eigenvalue weighted by Crippen LogP contribution is 2.22. The Balaban J connectivity index is 2.91. The maximum absolute atomic E-state index is 13.4. The average molecular weight is 317 g/mol. The van der Waals surface area contributed by atoms with Gasteiger partial charge in [0.25, 0.3) is 0 Å². The summed E-state index contributed by atoms with van der Waals surface area (Å²) in [6, 6.07) is 4.29. The molecule has 0 aliphatic rings. The summed E-state index contributed by atoms with van der Waals surface area (Å²) in [6.07, 6.45) is 1.29. The number of nitrogens with zero attached hydrogens (tertiary/aromatic N) is 1. The maximum atomic E-state index is 13.4. The molecular weight excluding hydrogens is 312 g/mol. The van der Waals surface area contributed by atoms with Gasteiger partial charge < -0.3 is 5.11 Å². The van der Waals surface area contributed by atoms with E-state index in [0.29, 0.717) is 8.96 Å². The maximum Gasteiger partial charge on any atom is 0.336 e. The van der Waals surface area contributed by atoms with Crippen LogP contribution in [-0.2, 0) is 0 Å². The van der Waals surface area contributed by atoms with Crippen molar-refractivity contribution in [3.63, 3.8) is 0 Å². The van der Waals surface area contributed by atoms with Gasteiger partial charge in [-0.2, -0.15) is 0 Å². The lowest BCUT2D eigenvalue weighted by molar-refractivity contribution is 0.0699. The fourth-order valence-corrected chi connectivity index (χ4v) is 1.95. The van der Waals surface area contributed by atoms with Gasteiger partial charge in [0.15, 0.2) is 0 Å². The molecule has 15 heavy (non-hydrogen) atoms. The van der Waals surface area contributed by atoms with E-state index in [1.165, 1.54) is 18.3 Å². The summed E-state index contributed by atoms with van der Waals surface area (Å²) >= 11 is 1.93. The molecule has 1 heterocycles. The molecule has 0 radical (unpaired) electrons. The Hall–Kier alpha value is -1.24. The zero-order valence-electron chi connectivity index (χ0n) is 7.37. The van der Waals surface area contributed by atoms with Crippen LogP contribution in [-0.4, -0.2) is 16.1 Å². The third-order valence-electron chi connectivity index (χ3n) is 1.99. The number of fused-ring (bicyclic) bond motifs is 1. The van der Waals surface area contributed by atoms with Crippen LogP contribution in [0.5, 0.6) is 0 Å². The highest BCUT2D eigenvalue weighted by molar-refractivity contribution is 14.1. The second-order valence-corrected chi connectivity index (χ2v) is 4.19. The Morgan fingerprint density at radius 1 is 1.47 bits per heavy atom. The molecule has 0 amide bonds. The second kappa shape index (κ2) is 3.73. The molecule has 0 bridgehead atoms. The minimum Gasteiger partial charge on any atom is -0.478 e. The number of aromatic carboxylic acids is 1. The number of pyridine rings is 1. The number of hydrogen-bond acceptors (Lipinski definition) is 2. The minimum absolute atomic E-state index is 0.0671. The Kier molecular flexibility index (Phi) is 2.56. The van der Waals surface area contributed by atoms with E-state index in [4.69, 9.17) is 5.11 Å². The van der Waals surface area contributed by atoms with Gasteiger partial charge in [-0.25, -0.2) is 9.18 Å². The van der Waals surface area contributed by atoms with E-state index in [2.05, 4.69) is 4.98 Å². The van der Waals surface area contributed by atoms with Crippen LogP contribution in [0, 0.1) is 9.39 Å². The molecule has 0 aliphatic heterocycles. The van der Waals surface area contributed by atoms with Crippen LogP contribution in [0.3, 0.4) is 0 Å². The fraction of sp³-hybridized carbons (Fsp3) is 0. The Morgan fingerprint density at radius 2 is 2.20 bits per heavy atom. The van der Waals surface area contributed by atoms with Gasteiger partial charge in [-0.05, 0) is 40.8 Å². The van der Waals surface area contributed by atoms with E-state index in [0.717, 1.165) is 0 Å². The first-order chi connectivity index (χ1) is 7.09. The summed E-state index contributed by atoms with van der Waals surface area (Å²) in [5, 5.41) is 9.24. The molecule has 1 aromatic carbocycles. The molecule has 0 fully saturated rings. The largest absolute Gasteiger partial charge is 0.478 e. The SMILES string of the molecule is O=C(O)c1ccnc2c(F)cc(I)cc12. The number of carboxylic acids is 1. The molecule has 0 saturated heterocycles. The molecule has 5 heteroatoms. The Labute approximate surface area is 98.1 Å². The molecule has 2 rings (SSSR count). The van der Waals surface area contributed by atoms with E-state index < -0.39 is 11.8 Å². The lowest BCUT2D eigenvalue weighted by Crippen LogP contribution is -1.99. The predicted octanol–water partition coefficient (Wildman–Crippen LogP) is 2.68. The summed E-state index contributed by atoms with van der Waals surface area (Å²) < 4.78 is 14.1. The number of hydrogen-bond donors (Lipinski definition) is 1. The molecule has 0 spiro atoms. The van der Waals surface area contributed by atoms with Crippen LogP contribution in [0.4, 0.5) is 4.39 Å². The monoisotopic (exact) mass is 317 g/mol. The molecule has 0 unspecified atom stereocenters. The molecule has 3 nitrogen and oxygen atoms in total. The molecule has 0 saturated carbocycles. The highest BCUT2D eigenvalue weighted by Gasteiger charge is 2.12. The molecule has 1 N–H and O–H groups in total. The summed E-state index contributed by atoms with van der Waals surface area (Å²) in [5.74, 6) is -1.58. The lowest BCUT2D eigenvalue weighted by Gasteiger charge is -2.03. The first-order valence-corrected chi connectivity index (χ1v) is 5.14. The van der Waals surface area contributed by atoms with Crippen LogP contribution in [0.25, 0.3) is 10.9 Å². The Morgan fingerprint density at radius 3 is 2.87 bits per heavy atom. The van der Waals surface area contributed by atoms with E-state index in [9.17, 15) is 9.18 Å². The number of aromatic nitrogens is 1. The molecule has 2 aromatic rings. The normalized spacial score (nSPS) is 10.5. The van der Waals surface area contributed by atoms with Crippen molar-refractivity contribution in [2.24, 2.45) is 0 Å². The third kappa shape index (κ3) is 1.79. The van der Waals surface area contributed by atoms with Gasteiger partial charge in [-0.15, -0.1) is 0 Å². The zero-order valence-corrected chi connectivity index (χ0v) is 9.53. The summed E-state index contributed by atoms with van der Waals surface area (Å²) in [7, 11) is 0. The summed E-state index contributed by atoms with van der Waals surface area (Å²) in [4.78, 5) is 14.7. The van der Waals surface area contributed by atoms with Crippen LogP contribution in [0.15, 0.2) is 24.4 Å². The Bertz CT molecular complexity index is 556. The number of carboxylic acid groups (broad SMARTS) is 1. The van der Waals surface area contributed by atoms with Crippen LogP contribution in [0.2, 0.25) is 0 Å². The van der Waals surface area contributed by atoms with Gasteiger partial charge in [-0.1, -0.05) is 0 Å². The van der Waals surface area contributed by atoms with Gasteiger partial charge in [0.1, 0.15) is 11.3 Å². The topological polar surface area (TPSA) is 50.2 Å². The highest BCUT2D eigenvalue weighted by atomic mass is 127. The van der Waals surface area contributed by atoms with E-state index in [1.807, 2.05) is 22.6 Å². The van der Waals surface area contributed by atoms with Gasteiger partial charge >= 0.3 is 5.97 Å². The van der Waals surface area contributed by atoms with Crippen molar-refractivity contribution in [3.8, 4) is 0 Å². The molecule has 0 aliphatic carbocycles. The lowest BCUT2D eigenvalue weighted by atomic mass is 10.1. The minimum atomic E-state index is -1.08. The smallest absolute Gasteiger partial charge is 0.336 e. The van der Waals surface area contributed by atoms with Crippen LogP contribution < -0.4 is 0 Å². The van der Waals surface area contributed by atoms with Crippen LogP contribution >= 0.6 is 22.6 Å². The predicted molar refractivity (Wildman–Crippen MR) is 61.4 cm³/mol. The van der Waals surface area contributed by atoms with Crippen molar-refractivity contribution < 1.29 is 14.3 Å². The van der Waals surface area contributed by atoms with Crippen molar-refractivity contribution in [2.45, 2.75) is 0 Å². The third-order valence-corrected chi connectivity index (χ3v) is 2.62. The fourth-order valence-electron chi connectivity index (χ4n) is 1.37. The average Bonchev–Trinajstić information content (AvgIpc) is 2.16. The molecular formula is C10H5FINO2. The first kappa shape index (κ1) is 10.3. The van der Waals surface area contributed by atoms with E-state index in [1.54, 1.807) is 6.07 Å². The first-order valence-electron chi connectivity index (χ1n) is 4.06. The number of benzene rings is 1.